The molecule has 0 saturated carbocycles. The predicted molar refractivity (Wildman–Crippen MR) is 92.4 cm³/mol. The summed E-state index contributed by atoms with van der Waals surface area (Å²) in [5.41, 5.74) is 6.04. The number of halogens is 4. The van der Waals surface area contributed by atoms with Gasteiger partial charge in [-0.05, 0) is 42.5 Å². The standard InChI is InChI=1S/C18H14F4N4O/c1-26-15(9-16(25-26)18(20,21)22)13-6-5-12(8-14(13)23)24-17(27)10-3-2-4-11(19)7-10/h2-9H,23H2,1H3,(H,24,27). The third-order valence-electron chi connectivity index (χ3n) is 3.84. The van der Waals surface area contributed by atoms with Gasteiger partial charge in [-0.1, -0.05) is 6.07 Å². The van der Waals surface area contributed by atoms with Crippen molar-refractivity contribution in [1.29, 1.82) is 0 Å². The average molecular weight is 378 g/mol. The Balaban J connectivity index is 1.86. The molecule has 9 heteroatoms. The summed E-state index contributed by atoms with van der Waals surface area (Å²) in [6.45, 7) is 0. The first-order chi connectivity index (χ1) is 12.6. The highest BCUT2D eigenvalue weighted by Crippen LogP contribution is 2.34. The Kier molecular flexibility index (Phi) is 4.61. The molecule has 0 aliphatic carbocycles. The van der Waals surface area contributed by atoms with Crippen LogP contribution in [0.15, 0.2) is 48.5 Å². The second-order valence-corrected chi connectivity index (χ2v) is 5.80. The lowest BCUT2D eigenvalue weighted by Gasteiger charge is -2.10. The number of alkyl halides is 3. The fourth-order valence-corrected chi connectivity index (χ4v) is 2.56. The van der Waals surface area contributed by atoms with Crippen molar-refractivity contribution in [3.05, 3.63) is 65.6 Å². The number of aryl methyl sites for hydroxylation is 1. The average Bonchev–Trinajstić information content (AvgIpc) is 2.97. The van der Waals surface area contributed by atoms with E-state index >= 15 is 0 Å². The summed E-state index contributed by atoms with van der Waals surface area (Å²) >= 11 is 0. The minimum absolute atomic E-state index is 0.124. The molecule has 5 nitrogen and oxygen atoms in total. The van der Waals surface area contributed by atoms with Gasteiger partial charge in [0.15, 0.2) is 5.69 Å². The number of hydrogen-bond donors (Lipinski definition) is 2. The van der Waals surface area contributed by atoms with E-state index < -0.39 is 23.6 Å². The molecule has 0 bridgehead atoms. The molecule has 0 atom stereocenters. The van der Waals surface area contributed by atoms with Crippen LogP contribution in [0.5, 0.6) is 0 Å². The SMILES string of the molecule is Cn1nc(C(F)(F)F)cc1-c1ccc(NC(=O)c2cccc(F)c2)cc1N. The Morgan fingerprint density at radius 2 is 1.89 bits per heavy atom. The molecule has 1 aromatic heterocycles. The van der Waals surface area contributed by atoms with E-state index in [0.29, 0.717) is 11.3 Å². The number of benzene rings is 2. The van der Waals surface area contributed by atoms with E-state index in [1.807, 2.05) is 0 Å². The Morgan fingerprint density at radius 1 is 1.15 bits per heavy atom. The molecular weight excluding hydrogens is 364 g/mol. The Labute approximate surface area is 151 Å². The summed E-state index contributed by atoms with van der Waals surface area (Å²) in [5, 5.41) is 6.01. The second kappa shape index (κ2) is 6.75. The van der Waals surface area contributed by atoms with Crippen LogP contribution in [0.3, 0.4) is 0 Å². The molecule has 3 N–H and O–H groups in total. The van der Waals surface area contributed by atoms with Crippen molar-refractivity contribution in [2.75, 3.05) is 11.1 Å². The lowest BCUT2D eigenvalue weighted by molar-refractivity contribution is -0.141. The third-order valence-corrected chi connectivity index (χ3v) is 3.84. The Hall–Kier alpha value is -3.36. The van der Waals surface area contributed by atoms with Crippen molar-refractivity contribution in [3.8, 4) is 11.3 Å². The van der Waals surface area contributed by atoms with E-state index in [9.17, 15) is 22.4 Å². The second-order valence-electron chi connectivity index (χ2n) is 5.80. The molecule has 0 unspecified atom stereocenters. The van der Waals surface area contributed by atoms with Crippen LogP contribution < -0.4 is 11.1 Å². The number of anilines is 2. The van der Waals surface area contributed by atoms with Crippen molar-refractivity contribution in [3.63, 3.8) is 0 Å². The van der Waals surface area contributed by atoms with Gasteiger partial charge in [0.1, 0.15) is 5.82 Å². The van der Waals surface area contributed by atoms with Crippen molar-refractivity contribution >= 4 is 17.3 Å². The van der Waals surface area contributed by atoms with Crippen LogP contribution in [-0.2, 0) is 13.2 Å². The van der Waals surface area contributed by atoms with E-state index in [2.05, 4.69) is 10.4 Å². The lowest BCUT2D eigenvalue weighted by Crippen LogP contribution is -2.12. The van der Waals surface area contributed by atoms with E-state index in [0.717, 1.165) is 16.8 Å². The van der Waals surface area contributed by atoms with Gasteiger partial charge in [0.25, 0.3) is 5.91 Å². The minimum atomic E-state index is -4.57. The topological polar surface area (TPSA) is 72.9 Å². The maximum atomic E-state index is 13.2. The first-order valence-electron chi connectivity index (χ1n) is 7.73. The number of rotatable bonds is 3. The highest BCUT2D eigenvalue weighted by Gasteiger charge is 2.34. The zero-order valence-electron chi connectivity index (χ0n) is 14.0. The fraction of sp³-hybridized carbons (Fsp3) is 0.111. The summed E-state index contributed by atoms with van der Waals surface area (Å²) in [6, 6.07) is 10.4. The van der Waals surface area contributed by atoms with Crippen LogP contribution in [0.1, 0.15) is 16.1 Å². The Morgan fingerprint density at radius 3 is 2.48 bits per heavy atom. The molecule has 140 valence electrons. The summed E-state index contributed by atoms with van der Waals surface area (Å²) in [7, 11) is 1.38. The summed E-state index contributed by atoms with van der Waals surface area (Å²) in [6.07, 6.45) is -4.57. The smallest absolute Gasteiger partial charge is 0.398 e. The van der Waals surface area contributed by atoms with Gasteiger partial charge >= 0.3 is 6.18 Å². The molecule has 0 aliphatic rings. The summed E-state index contributed by atoms with van der Waals surface area (Å²) in [4.78, 5) is 12.1. The lowest BCUT2D eigenvalue weighted by atomic mass is 10.1. The molecular formula is C18H14F4N4O. The van der Waals surface area contributed by atoms with Gasteiger partial charge in [-0.3, -0.25) is 9.48 Å². The van der Waals surface area contributed by atoms with Crippen LogP contribution in [0.25, 0.3) is 11.3 Å². The molecule has 0 spiro atoms. The van der Waals surface area contributed by atoms with E-state index in [1.54, 1.807) is 0 Å². The zero-order chi connectivity index (χ0) is 19.8. The van der Waals surface area contributed by atoms with Crippen molar-refractivity contribution in [2.24, 2.45) is 7.05 Å². The largest absolute Gasteiger partial charge is 0.435 e. The number of nitrogens with two attached hydrogens (primary N) is 1. The molecule has 3 rings (SSSR count). The number of carbonyl (C=O) groups is 1. The number of nitrogens with one attached hydrogen (secondary N) is 1. The van der Waals surface area contributed by atoms with Gasteiger partial charge in [-0.2, -0.15) is 18.3 Å². The van der Waals surface area contributed by atoms with Gasteiger partial charge in [0.05, 0.1) is 5.69 Å². The molecule has 1 amide bonds. The number of carbonyl (C=O) groups excluding carboxylic acids is 1. The molecule has 1 heterocycles. The fourth-order valence-electron chi connectivity index (χ4n) is 2.56. The van der Waals surface area contributed by atoms with Gasteiger partial charge in [-0.25, -0.2) is 4.39 Å². The van der Waals surface area contributed by atoms with E-state index in [-0.39, 0.29) is 16.9 Å². The molecule has 2 aromatic carbocycles. The highest BCUT2D eigenvalue weighted by molar-refractivity contribution is 6.04. The molecule has 0 fully saturated rings. The maximum Gasteiger partial charge on any atom is 0.435 e. The van der Waals surface area contributed by atoms with Crippen LogP contribution in [0, 0.1) is 5.82 Å². The first kappa shape index (κ1) is 18.4. The number of nitrogen functional groups attached to an aromatic ring is 1. The van der Waals surface area contributed by atoms with Crippen LogP contribution >= 0.6 is 0 Å². The number of amides is 1. The van der Waals surface area contributed by atoms with E-state index in [4.69, 9.17) is 5.73 Å². The molecule has 3 aromatic rings. The molecule has 27 heavy (non-hydrogen) atoms. The van der Waals surface area contributed by atoms with Gasteiger partial charge in [0, 0.05) is 29.5 Å². The van der Waals surface area contributed by atoms with Gasteiger partial charge < -0.3 is 11.1 Å². The number of nitrogens with zero attached hydrogens (tertiary/aromatic N) is 2. The molecule has 0 aliphatic heterocycles. The third kappa shape index (κ3) is 3.91. The van der Waals surface area contributed by atoms with Crippen molar-refractivity contribution in [1.82, 2.24) is 9.78 Å². The minimum Gasteiger partial charge on any atom is -0.398 e. The van der Waals surface area contributed by atoms with Crippen molar-refractivity contribution in [2.45, 2.75) is 6.18 Å². The Bertz CT molecular complexity index is 1010. The monoisotopic (exact) mass is 378 g/mol. The molecule has 0 radical (unpaired) electrons. The maximum absolute atomic E-state index is 13.2. The van der Waals surface area contributed by atoms with E-state index in [1.165, 1.54) is 43.4 Å². The summed E-state index contributed by atoms with van der Waals surface area (Å²) < 4.78 is 52.7. The normalized spacial score (nSPS) is 11.4. The first-order valence-corrected chi connectivity index (χ1v) is 7.73. The van der Waals surface area contributed by atoms with Gasteiger partial charge in [-0.15, -0.1) is 0 Å². The van der Waals surface area contributed by atoms with Crippen LogP contribution in [0.4, 0.5) is 28.9 Å². The predicted octanol–water partition coefficient (Wildman–Crippen LogP) is 4.08. The summed E-state index contributed by atoms with van der Waals surface area (Å²) in [5.74, 6) is -1.09. The quantitative estimate of drug-likeness (QED) is 0.533. The zero-order valence-corrected chi connectivity index (χ0v) is 14.0. The highest BCUT2D eigenvalue weighted by atomic mass is 19.4. The van der Waals surface area contributed by atoms with Crippen LogP contribution in [-0.4, -0.2) is 15.7 Å². The van der Waals surface area contributed by atoms with Crippen molar-refractivity contribution < 1.29 is 22.4 Å². The number of aromatic nitrogens is 2. The van der Waals surface area contributed by atoms with Crippen LogP contribution in [0.2, 0.25) is 0 Å². The van der Waals surface area contributed by atoms with Gasteiger partial charge in [0.2, 0.25) is 0 Å². The number of hydrogen-bond acceptors (Lipinski definition) is 3. The molecule has 0 saturated heterocycles.